The van der Waals surface area contributed by atoms with Crippen molar-refractivity contribution in [3.05, 3.63) is 35.9 Å². The van der Waals surface area contributed by atoms with Crippen molar-refractivity contribution < 1.29 is 42.0 Å². The van der Waals surface area contributed by atoms with Gasteiger partial charge in [0.05, 0.1) is 12.1 Å². The second-order valence-electron chi connectivity index (χ2n) is 12.1. The molecule has 14 heteroatoms. The van der Waals surface area contributed by atoms with Gasteiger partial charge in [-0.3, -0.25) is 18.9 Å². The molecule has 43 heavy (non-hydrogen) atoms. The fourth-order valence-electron chi connectivity index (χ4n) is 4.40. The van der Waals surface area contributed by atoms with Crippen LogP contribution in [0.15, 0.2) is 30.3 Å². The van der Waals surface area contributed by atoms with Crippen molar-refractivity contribution >= 4 is 33.8 Å². The van der Waals surface area contributed by atoms with Gasteiger partial charge in [-0.1, -0.05) is 71.9 Å². The second kappa shape index (κ2) is 16.7. The lowest BCUT2D eigenvalue weighted by Crippen LogP contribution is -2.65. The summed E-state index contributed by atoms with van der Waals surface area (Å²) in [5, 5.41) is 18.5. The molecule has 3 amide bonds. The first-order valence-corrected chi connectivity index (χ1v) is 15.8. The van der Waals surface area contributed by atoms with Gasteiger partial charge in [0.15, 0.2) is 0 Å². The van der Waals surface area contributed by atoms with Gasteiger partial charge in [-0.25, -0.2) is 4.79 Å². The van der Waals surface area contributed by atoms with Crippen LogP contribution < -0.4 is 21.7 Å². The Bertz CT molecular complexity index is 1190. The molecular formula is C29H48N4O9S. The lowest BCUT2D eigenvalue weighted by Gasteiger charge is -2.34. The molecule has 0 aliphatic carbocycles. The first-order valence-electron chi connectivity index (χ1n) is 14.4. The molecule has 0 aliphatic rings. The second-order valence-corrected chi connectivity index (χ2v) is 13.7. The van der Waals surface area contributed by atoms with E-state index in [1.807, 2.05) is 6.07 Å². The average molecular weight is 629 g/mol. The largest absolute Gasteiger partial charge is 0.445 e. The standard InChI is InChI=1S/C29H48N4O9S/c1-17(2)13-22(25(34)29(38,43(39,40)41)24(30)15-19(5)6)32-27(36)23(14-18(3)4)33-26(35)20(7)31-28(37)42-16-21-11-9-8-10-12-21/h8-12,17-20,22-24,38H,13-16,30H2,1-7H3,(H,31,37)(H,32,36)(H,33,35)(H,39,40,41)/t20-,22-,23-,24?,29?/m0/s1. The van der Waals surface area contributed by atoms with E-state index in [0.717, 1.165) is 5.56 Å². The molecule has 0 aromatic heterocycles. The summed E-state index contributed by atoms with van der Waals surface area (Å²) >= 11 is 0. The van der Waals surface area contributed by atoms with E-state index in [1.54, 1.807) is 65.8 Å². The molecule has 0 saturated heterocycles. The van der Waals surface area contributed by atoms with E-state index >= 15 is 0 Å². The molecule has 0 bridgehead atoms. The van der Waals surface area contributed by atoms with Crippen molar-refractivity contribution in [1.29, 1.82) is 0 Å². The number of nitrogens with two attached hydrogens (primary N) is 1. The maximum atomic E-state index is 13.5. The third kappa shape index (κ3) is 11.9. The fourth-order valence-corrected chi connectivity index (χ4v) is 5.28. The Morgan fingerprint density at radius 3 is 1.79 bits per heavy atom. The van der Waals surface area contributed by atoms with Crippen LogP contribution in [-0.2, 0) is 35.8 Å². The summed E-state index contributed by atoms with van der Waals surface area (Å²) in [6.07, 6.45) is -0.929. The first kappa shape index (κ1) is 38.0. The Hall–Kier alpha value is -3.07. The van der Waals surface area contributed by atoms with Crippen LogP contribution in [0.1, 0.15) is 73.3 Å². The van der Waals surface area contributed by atoms with E-state index in [9.17, 15) is 37.3 Å². The molecule has 1 aromatic carbocycles. The van der Waals surface area contributed by atoms with Gasteiger partial charge in [0, 0.05) is 0 Å². The maximum absolute atomic E-state index is 13.5. The number of hydrogen-bond donors (Lipinski definition) is 6. The van der Waals surface area contributed by atoms with Crippen LogP contribution in [0.5, 0.6) is 0 Å². The monoisotopic (exact) mass is 628 g/mol. The van der Waals surface area contributed by atoms with Crippen LogP contribution >= 0.6 is 0 Å². The number of rotatable bonds is 17. The molecule has 1 aromatic rings. The fraction of sp³-hybridized carbons (Fsp3) is 0.655. The molecule has 5 atom stereocenters. The Morgan fingerprint density at radius 2 is 1.30 bits per heavy atom. The smallest absolute Gasteiger partial charge is 0.408 e. The predicted molar refractivity (Wildman–Crippen MR) is 161 cm³/mol. The number of nitrogens with one attached hydrogen (secondary N) is 3. The third-order valence-electron chi connectivity index (χ3n) is 6.59. The zero-order valence-corrected chi connectivity index (χ0v) is 26.8. The highest BCUT2D eigenvalue weighted by molar-refractivity contribution is 7.88. The summed E-state index contributed by atoms with van der Waals surface area (Å²) in [5.74, 6) is -3.51. The molecule has 0 radical (unpaired) electrons. The van der Waals surface area contributed by atoms with Gasteiger partial charge in [-0.2, -0.15) is 8.42 Å². The summed E-state index contributed by atoms with van der Waals surface area (Å²) < 4.78 is 39.6. The van der Waals surface area contributed by atoms with Gasteiger partial charge in [0.1, 0.15) is 18.7 Å². The van der Waals surface area contributed by atoms with Crippen LogP contribution in [0, 0.1) is 17.8 Å². The molecule has 0 saturated carbocycles. The summed E-state index contributed by atoms with van der Waals surface area (Å²) in [6, 6.07) is 3.39. The lowest BCUT2D eigenvalue weighted by molar-refractivity contribution is -0.138. The van der Waals surface area contributed by atoms with Crippen molar-refractivity contribution in [2.45, 2.75) is 103 Å². The van der Waals surface area contributed by atoms with Crippen LogP contribution in [0.2, 0.25) is 0 Å². The molecule has 13 nitrogen and oxygen atoms in total. The molecule has 0 heterocycles. The Balaban J connectivity index is 3.12. The van der Waals surface area contributed by atoms with Gasteiger partial charge in [-0.15, -0.1) is 0 Å². The number of benzene rings is 1. The van der Waals surface area contributed by atoms with E-state index in [2.05, 4.69) is 16.0 Å². The number of carbonyl (C=O) groups excluding carboxylic acids is 4. The van der Waals surface area contributed by atoms with Crippen molar-refractivity contribution in [2.24, 2.45) is 23.5 Å². The van der Waals surface area contributed by atoms with Gasteiger partial charge >= 0.3 is 16.2 Å². The number of ether oxygens (including phenoxy) is 1. The van der Waals surface area contributed by atoms with Crippen molar-refractivity contribution in [3.8, 4) is 0 Å². The minimum atomic E-state index is -5.42. The van der Waals surface area contributed by atoms with E-state index < -0.39 is 62.9 Å². The number of Topliss-reactive ketones (excluding diaryl/α,β-unsaturated/α-hetero) is 1. The number of aliphatic hydroxyl groups is 1. The molecule has 244 valence electrons. The molecular weight excluding hydrogens is 580 g/mol. The predicted octanol–water partition coefficient (Wildman–Crippen LogP) is 1.88. The summed E-state index contributed by atoms with van der Waals surface area (Å²) in [4.78, 5) is 48.7. The Kier molecular flexibility index (Phi) is 14.7. The Morgan fingerprint density at radius 1 is 0.814 bits per heavy atom. The van der Waals surface area contributed by atoms with Crippen LogP contribution in [-0.4, -0.2) is 70.9 Å². The molecule has 1 rings (SSSR count). The highest BCUT2D eigenvalue weighted by atomic mass is 32.2. The van der Waals surface area contributed by atoms with Crippen molar-refractivity contribution in [2.75, 3.05) is 0 Å². The van der Waals surface area contributed by atoms with Gasteiger partial charge in [0.2, 0.25) is 17.6 Å². The number of carbonyl (C=O) groups is 4. The quantitative estimate of drug-likeness (QED) is 0.138. The van der Waals surface area contributed by atoms with Crippen LogP contribution in [0.4, 0.5) is 4.79 Å². The maximum Gasteiger partial charge on any atom is 0.408 e. The van der Waals surface area contributed by atoms with Crippen LogP contribution in [0.3, 0.4) is 0 Å². The zero-order chi connectivity index (χ0) is 33.1. The van der Waals surface area contributed by atoms with E-state index in [1.165, 1.54) is 6.92 Å². The van der Waals surface area contributed by atoms with Crippen molar-refractivity contribution in [1.82, 2.24) is 16.0 Å². The Labute approximate surface area is 254 Å². The average Bonchev–Trinajstić information content (AvgIpc) is 2.89. The topological polar surface area (TPSA) is 214 Å². The van der Waals surface area contributed by atoms with Crippen molar-refractivity contribution in [3.63, 3.8) is 0 Å². The number of alkyl carbamates (subject to hydrolysis) is 1. The minimum Gasteiger partial charge on any atom is -0.445 e. The highest BCUT2D eigenvalue weighted by Gasteiger charge is 2.56. The summed E-state index contributed by atoms with van der Waals surface area (Å²) in [5.41, 5.74) is 6.68. The third-order valence-corrected chi connectivity index (χ3v) is 7.89. The van der Waals surface area contributed by atoms with Gasteiger partial charge < -0.3 is 31.5 Å². The zero-order valence-electron chi connectivity index (χ0n) is 26.0. The normalized spacial score (nSPS) is 16.1. The molecule has 2 unspecified atom stereocenters. The lowest BCUT2D eigenvalue weighted by atomic mass is 9.90. The number of amides is 3. The molecule has 7 N–H and O–H groups in total. The first-order chi connectivity index (χ1) is 19.8. The highest BCUT2D eigenvalue weighted by Crippen LogP contribution is 2.26. The minimum absolute atomic E-state index is 0.0125. The van der Waals surface area contributed by atoms with E-state index in [4.69, 9.17) is 10.5 Å². The molecule has 0 aliphatic heterocycles. The van der Waals surface area contributed by atoms with Gasteiger partial charge in [-0.05, 0) is 49.5 Å². The summed E-state index contributed by atoms with van der Waals surface area (Å²) in [6.45, 7) is 11.8. The van der Waals surface area contributed by atoms with E-state index in [-0.39, 0.29) is 43.6 Å². The van der Waals surface area contributed by atoms with Gasteiger partial charge in [0.25, 0.3) is 4.93 Å². The van der Waals surface area contributed by atoms with Crippen LogP contribution in [0.25, 0.3) is 0 Å². The number of ketones is 1. The molecule has 0 fully saturated rings. The SMILES string of the molecule is CC(C)CC(N)C(O)(C(=O)[C@H](CC(C)C)NC(=O)[C@H](CC(C)C)NC(=O)[C@H](C)NC(=O)OCc1ccccc1)S(=O)(=O)O. The van der Waals surface area contributed by atoms with E-state index in [0.29, 0.717) is 0 Å². The molecule has 0 spiro atoms. The number of hydrogen-bond acceptors (Lipinski definition) is 9. The summed E-state index contributed by atoms with van der Waals surface area (Å²) in [7, 11) is -5.42.